The molecule has 22 heavy (non-hydrogen) atoms. The quantitative estimate of drug-likeness (QED) is 0.367. The van der Waals surface area contributed by atoms with E-state index in [0.717, 1.165) is 4.99 Å². The Bertz CT molecular complexity index is 367. The van der Waals surface area contributed by atoms with Crippen LogP contribution < -0.4 is 0 Å². The van der Waals surface area contributed by atoms with Crippen molar-refractivity contribution in [2.45, 2.75) is 57.8 Å². The number of hydrogen-bond donors (Lipinski definition) is 1. The topological polar surface area (TPSA) is 32.7 Å². The summed E-state index contributed by atoms with van der Waals surface area (Å²) in [5.41, 5.74) is 0. The van der Waals surface area contributed by atoms with Crippen molar-refractivity contribution < 1.29 is 9.53 Å². The highest BCUT2D eigenvalue weighted by molar-refractivity contribution is 7.80. The van der Waals surface area contributed by atoms with E-state index in [9.17, 15) is 5.11 Å². The van der Waals surface area contributed by atoms with Crippen LogP contribution in [0.3, 0.4) is 0 Å². The van der Waals surface area contributed by atoms with Crippen LogP contribution in [0.2, 0.25) is 18.1 Å². The molecule has 0 radical (unpaired) electrons. The molecule has 5 heteroatoms. The third-order valence-electron chi connectivity index (χ3n) is 4.18. The van der Waals surface area contributed by atoms with Crippen molar-refractivity contribution >= 4 is 25.5 Å². The molecular weight excluding hydrogens is 310 g/mol. The molecule has 1 atom stereocenters. The molecule has 0 fully saturated rings. The van der Waals surface area contributed by atoms with Crippen LogP contribution in [0.25, 0.3) is 0 Å². The van der Waals surface area contributed by atoms with Gasteiger partial charge in [-0.2, -0.15) is 0 Å². The van der Waals surface area contributed by atoms with Gasteiger partial charge in [0.1, 0.15) is 0 Å². The third kappa shape index (κ3) is 7.67. The van der Waals surface area contributed by atoms with E-state index in [4.69, 9.17) is 16.6 Å². The van der Waals surface area contributed by atoms with Crippen LogP contribution in [0.15, 0.2) is 25.3 Å². The van der Waals surface area contributed by atoms with Crippen molar-refractivity contribution in [3.8, 4) is 0 Å². The van der Waals surface area contributed by atoms with Gasteiger partial charge in [-0.25, -0.2) is 0 Å². The number of nitrogens with zero attached hydrogens (tertiary/aromatic N) is 1. The van der Waals surface area contributed by atoms with Gasteiger partial charge < -0.3 is 14.4 Å². The Morgan fingerprint density at radius 2 is 1.77 bits per heavy atom. The van der Waals surface area contributed by atoms with Gasteiger partial charge in [-0.15, -0.1) is 13.2 Å². The number of thiocarbonyl (C=S) groups is 1. The normalized spacial score (nSPS) is 13.5. The maximum absolute atomic E-state index is 10.2. The van der Waals surface area contributed by atoms with Crippen molar-refractivity contribution in [3.63, 3.8) is 0 Å². The largest absolute Gasteiger partial charge is 0.417 e. The lowest BCUT2D eigenvalue weighted by molar-refractivity contribution is 0.139. The van der Waals surface area contributed by atoms with Crippen LogP contribution in [0.5, 0.6) is 0 Å². The fourth-order valence-corrected chi connectivity index (χ4v) is 3.09. The molecule has 3 nitrogen and oxygen atoms in total. The monoisotopic (exact) mass is 343 g/mol. The summed E-state index contributed by atoms with van der Waals surface area (Å²) in [6.45, 7) is 20.5. The first-order chi connectivity index (χ1) is 10.0. The minimum Gasteiger partial charge on any atom is -0.417 e. The molecule has 0 rings (SSSR count). The lowest BCUT2D eigenvalue weighted by Crippen LogP contribution is -2.41. The molecule has 0 saturated carbocycles. The minimum atomic E-state index is -1.74. The fourth-order valence-electron chi connectivity index (χ4n) is 1.69. The van der Waals surface area contributed by atoms with E-state index in [-0.39, 0.29) is 5.04 Å². The van der Waals surface area contributed by atoms with E-state index < -0.39 is 14.4 Å². The first-order valence-electron chi connectivity index (χ1n) is 7.86. The van der Waals surface area contributed by atoms with Gasteiger partial charge in [0.2, 0.25) is 0 Å². The molecule has 0 aliphatic heterocycles. The van der Waals surface area contributed by atoms with Gasteiger partial charge in [0.15, 0.2) is 8.32 Å². The zero-order valence-corrected chi connectivity index (χ0v) is 16.7. The predicted octanol–water partition coefficient (Wildman–Crippen LogP) is 4.15. The summed E-state index contributed by atoms with van der Waals surface area (Å²) in [6.07, 6.45) is 4.25. The van der Waals surface area contributed by atoms with Gasteiger partial charge in [-0.3, -0.25) is 0 Å². The molecule has 1 N–H and O–H groups in total. The van der Waals surface area contributed by atoms with E-state index in [0.29, 0.717) is 32.5 Å². The van der Waals surface area contributed by atoms with Crippen LogP contribution in [0.4, 0.5) is 0 Å². The summed E-state index contributed by atoms with van der Waals surface area (Å²) < 4.78 is 6.09. The van der Waals surface area contributed by atoms with Gasteiger partial charge in [0.25, 0.3) is 0 Å². The Labute approximate surface area is 143 Å². The van der Waals surface area contributed by atoms with Crippen LogP contribution >= 0.6 is 12.2 Å². The smallest absolute Gasteiger partial charge is 0.191 e. The lowest BCUT2D eigenvalue weighted by atomic mass is 10.2. The highest BCUT2D eigenvalue weighted by Crippen LogP contribution is 2.36. The first-order valence-corrected chi connectivity index (χ1v) is 11.2. The maximum Gasteiger partial charge on any atom is 0.191 e. The summed E-state index contributed by atoms with van der Waals surface area (Å²) >= 11 is 5.40. The molecule has 0 saturated heterocycles. The van der Waals surface area contributed by atoms with Gasteiger partial charge in [-0.1, -0.05) is 45.1 Å². The van der Waals surface area contributed by atoms with Crippen molar-refractivity contribution in [3.05, 3.63) is 25.3 Å². The fraction of sp³-hybridized carbons (Fsp3) is 0.706. The van der Waals surface area contributed by atoms with Crippen molar-refractivity contribution in [2.24, 2.45) is 0 Å². The molecule has 128 valence electrons. The highest BCUT2D eigenvalue weighted by atomic mass is 32.1. The predicted molar refractivity (Wildman–Crippen MR) is 103 cm³/mol. The van der Waals surface area contributed by atoms with E-state index in [1.807, 2.05) is 17.1 Å². The first kappa shape index (κ1) is 21.5. The molecule has 0 aliphatic carbocycles. The molecule has 0 aliphatic rings. The van der Waals surface area contributed by atoms with Gasteiger partial charge in [0.05, 0.1) is 11.1 Å². The van der Waals surface area contributed by atoms with Gasteiger partial charge >= 0.3 is 0 Å². The average molecular weight is 344 g/mol. The van der Waals surface area contributed by atoms with E-state index >= 15 is 0 Å². The second-order valence-corrected chi connectivity index (χ2v) is 12.4. The SMILES string of the molecule is C=CCN(CC=C)C(=S)C[C@H](O)CCO[Si](C)(C)C(C)(C)C. The third-order valence-corrected chi connectivity index (χ3v) is 9.15. The van der Waals surface area contributed by atoms with Crippen LogP contribution in [0.1, 0.15) is 33.6 Å². The Morgan fingerprint density at radius 3 is 2.18 bits per heavy atom. The molecule has 0 aromatic rings. The number of rotatable bonds is 10. The minimum absolute atomic E-state index is 0.192. The van der Waals surface area contributed by atoms with Crippen molar-refractivity contribution in [1.29, 1.82) is 0 Å². The van der Waals surface area contributed by atoms with Crippen LogP contribution in [-0.2, 0) is 4.43 Å². The van der Waals surface area contributed by atoms with Gasteiger partial charge in [0, 0.05) is 26.1 Å². The summed E-state index contributed by atoms with van der Waals surface area (Å²) in [5.74, 6) is 0. The zero-order chi connectivity index (χ0) is 17.4. The number of aliphatic hydroxyl groups excluding tert-OH is 1. The van der Waals surface area contributed by atoms with E-state index in [1.54, 1.807) is 0 Å². The average Bonchev–Trinajstić information content (AvgIpc) is 2.36. The summed E-state index contributed by atoms with van der Waals surface area (Å²) in [5, 5.41) is 10.4. The zero-order valence-electron chi connectivity index (χ0n) is 14.9. The molecule has 0 unspecified atom stereocenters. The second-order valence-electron chi connectivity index (χ2n) is 7.13. The summed E-state index contributed by atoms with van der Waals surface area (Å²) in [6, 6.07) is 0. The van der Waals surface area contributed by atoms with E-state index in [2.05, 4.69) is 47.0 Å². The molecule has 0 aromatic carbocycles. The maximum atomic E-state index is 10.2. The molecular formula is C17H33NO2SSi. The molecule has 0 bridgehead atoms. The Balaban J connectivity index is 4.28. The summed E-state index contributed by atoms with van der Waals surface area (Å²) in [4.78, 5) is 2.74. The molecule has 0 spiro atoms. The Hall–Kier alpha value is -0.493. The molecule has 0 heterocycles. The van der Waals surface area contributed by atoms with Crippen LogP contribution in [0, 0.1) is 0 Å². The summed E-state index contributed by atoms with van der Waals surface area (Å²) in [7, 11) is -1.74. The Morgan fingerprint density at radius 1 is 1.27 bits per heavy atom. The van der Waals surface area contributed by atoms with Gasteiger partial charge in [-0.05, 0) is 24.6 Å². The lowest BCUT2D eigenvalue weighted by Gasteiger charge is -2.36. The highest BCUT2D eigenvalue weighted by Gasteiger charge is 2.36. The molecule has 0 aromatic heterocycles. The number of aliphatic hydroxyl groups is 1. The Kier molecular flexibility index (Phi) is 9.39. The molecule has 0 amide bonds. The van der Waals surface area contributed by atoms with Crippen molar-refractivity contribution in [2.75, 3.05) is 19.7 Å². The standard InChI is InChI=1S/C17H33NO2SSi/c1-8-11-18(12-9-2)16(21)14-15(19)10-13-20-22(6,7)17(3,4)5/h8-9,15,19H,1-2,10-14H2,3-7H3/t15-/m1/s1. The van der Waals surface area contributed by atoms with Crippen molar-refractivity contribution in [1.82, 2.24) is 4.90 Å². The van der Waals surface area contributed by atoms with E-state index in [1.165, 1.54) is 0 Å². The number of hydrogen-bond acceptors (Lipinski definition) is 3. The van der Waals surface area contributed by atoms with Crippen LogP contribution in [-0.4, -0.2) is 49.1 Å². The second kappa shape index (κ2) is 9.60.